The predicted molar refractivity (Wildman–Crippen MR) is 107 cm³/mol. The van der Waals surface area contributed by atoms with Crippen LogP contribution in [0.15, 0.2) is 54.6 Å². The van der Waals surface area contributed by atoms with E-state index in [2.05, 4.69) is 0 Å². The van der Waals surface area contributed by atoms with E-state index in [0.717, 1.165) is 35.6 Å². The number of aromatic carboxylic acids is 1. The quantitative estimate of drug-likeness (QED) is 0.634. The topological polar surface area (TPSA) is 54.4 Å². The van der Waals surface area contributed by atoms with Crippen LogP contribution in [0.2, 0.25) is 5.02 Å². The minimum atomic E-state index is -0.963. The minimum Gasteiger partial charge on any atom is -0.478 e. The fraction of sp³-hybridized carbons (Fsp3) is 0.217. The third kappa shape index (κ3) is 3.02. The number of aryl methyl sites for hydroxylation is 1. The Morgan fingerprint density at radius 1 is 1.15 bits per heavy atom. The van der Waals surface area contributed by atoms with Gasteiger partial charge in [-0.15, -0.1) is 0 Å². The van der Waals surface area contributed by atoms with Crippen LogP contribution in [0.3, 0.4) is 0 Å². The molecule has 1 aliphatic carbocycles. The summed E-state index contributed by atoms with van der Waals surface area (Å²) in [5.74, 6) is -0.963. The van der Waals surface area contributed by atoms with Gasteiger partial charge in [0.2, 0.25) is 0 Å². The summed E-state index contributed by atoms with van der Waals surface area (Å²) in [5.41, 5.74) is 2.31. The van der Waals surface area contributed by atoms with E-state index in [1.165, 1.54) is 0 Å². The van der Waals surface area contributed by atoms with Gasteiger partial charge in [0.25, 0.3) is 0 Å². The Morgan fingerprint density at radius 3 is 2.74 bits per heavy atom. The lowest BCUT2D eigenvalue weighted by atomic mass is 9.67. The normalized spacial score (nSPS) is 18.9. The molecule has 136 valence electrons. The molecule has 0 saturated carbocycles. The zero-order valence-corrected chi connectivity index (χ0v) is 15.5. The molecule has 3 aromatic rings. The first-order valence-corrected chi connectivity index (χ1v) is 9.41. The Kier molecular flexibility index (Phi) is 4.48. The van der Waals surface area contributed by atoms with Gasteiger partial charge in [-0.3, -0.25) is 0 Å². The third-order valence-electron chi connectivity index (χ3n) is 5.63. The van der Waals surface area contributed by atoms with Gasteiger partial charge in [0.1, 0.15) is 6.29 Å². The van der Waals surface area contributed by atoms with Crippen molar-refractivity contribution in [1.29, 1.82) is 0 Å². The van der Waals surface area contributed by atoms with Gasteiger partial charge in [0.15, 0.2) is 0 Å². The molecule has 0 amide bonds. The van der Waals surface area contributed by atoms with E-state index in [9.17, 15) is 14.7 Å². The lowest BCUT2D eigenvalue weighted by Crippen LogP contribution is -2.35. The maximum atomic E-state index is 12.3. The van der Waals surface area contributed by atoms with Gasteiger partial charge in [0.05, 0.1) is 11.0 Å². The highest BCUT2D eigenvalue weighted by atomic mass is 35.5. The number of halogens is 1. The zero-order chi connectivity index (χ0) is 19.0. The molecule has 27 heavy (non-hydrogen) atoms. The van der Waals surface area contributed by atoms with E-state index in [-0.39, 0.29) is 5.56 Å². The number of hydrogen-bond acceptors (Lipinski definition) is 2. The van der Waals surface area contributed by atoms with Crippen molar-refractivity contribution in [2.45, 2.75) is 31.1 Å². The molecule has 4 rings (SSSR count). The monoisotopic (exact) mass is 378 g/mol. The fourth-order valence-corrected chi connectivity index (χ4v) is 4.58. The summed E-state index contributed by atoms with van der Waals surface area (Å²) in [6, 6.07) is 16.9. The maximum absolute atomic E-state index is 12.3. The summed E-state index contributed by atoms with van der Waals surface area (Å²) in [6.07, 6.45) is 3.84. The van der Waals surface area contributed by atoms with Gasteiger partial charge < -0.3 is 9.90 Å². The molecule has 0 heterocycles. The zero-order valence-electron chi connectivity index (χ0n) is 14.7. The van der Waals surface area contributed by atoms with E-state index in [1.807, 2.05) is 54.6 Å². The lowest BCUT2D eigenvalue weighted by Gasteiger charge is -2.35. The van der Waals surface area contributed by atoms with Gasteiger partial charge in [-0.25, -0.2) is 4.79 Å². The second kappa shape index (κ2) is 6.82. The summed E-state index contributed by atoms with van der Waals surface area (Å²) in [5, 5.41) is 12.1. The van der Waals surface area contributed by atoms with Gasteiger partial charge >= 0.3 is 5.97 Å². The van der Waals surface area contributed by atoms with Crippen LogP contribution in [0.1, 0.15) is 39.9 Å². The standard InChI is InChI=1S/C23H19ClO3/c24-18-9-10-20-16(12-18)5-3-11-23(20,14-25)13-17-8-7-15-4-1-2-6-19(15)21(17)22(26)27/h1-2,4,6-10,12,14H,3,5,11,13H2,(H,26,27)/t23-/m0/s1. The molecule has 3 aromatic carbocycles. The number of fused-ring (bicyclic) bond motifs is 2. The largest absolute Gasteiger partial charge is 0.478 e. The molecule has 0 unspecified atom stereocenters. The van der Waals surface area contributed by atoms with Gasteiger partial charge in [-0.1, -0.05) is 54.1 Å². The van der Waals surface area contributed by atoms with Crippen LogP contribution in [-0.2, 0) is 23.1 Å². The average molecular weight is 379 g/mol. The number of carboxylic acid groups (broad SMARTS) is 1. The van der Waals surface area contributed by atoms with E-state index >= 15 is 0 Å². The lowest BCUT2D eigenvalue weighted by molar-refractivity contribution is -0.113. The summed E-state index contributed by atoms with van der Waals surface area (Å²) in [7, 11) is 0. The van der Waals surface area contributed by atoms with Crippen LogP contribution in [0.4, 0.5) is 0 Å². The molecule has 3 nitrogen and oxygen atoms in total. The Balaban J connectivity index is 1.88. The molecule has 0 aromatic heterocycles. The van der Waals surface area contributed by atoms with E-state index in [0.29, 0.717) is 28.8 Å². The van der Waals surface area contributed by atoms with Crippen molar-refractivity contribution >= 4 is 34.6 Å². The number of carbonyl (C=O) groups excluding carboxylic acids is 1. The summed E-state index contributed by atoms with van der Waals surface area (Å²) in [6.45, 7) is 0. The van der Waals surface area contributed by atoms with Crippen molar-refractivity contribution in [1.82, 2.24) is 0 Å². The van der Waals surface area contributed by atoms with Crippen LogP contribution in [0.25, 0.3) is 10.8 Å². The molecule has 0 fully saturated rings. The SMILES string of the molecule is O=C[C@@]1(Cc2ccc3ccccc3c2C(=O)O)CCCc2cc(Cl)ccc21. The Hall–Kier alpha value is -2.65. The van der Waals surface area contributed by atoms with Gasteiger partial charge in [0, 0.05) is 5.02 Å². The summed E-state index contributed by atoms with van der Waals surface area (Å²) >= 11 is 6.14. The Labute approximate surface area is 162 Å². The maximum Gasteiger partial charge on any atom is 0.336 e. The predicted octanol–water partition coefficient (Wildman–Crippen LogP) is 5.21. The molecule has 0 radical (unpaired) electrons. The van der Waals surface area contributed by atoms with Crippen LogP contribution in [-0.4, -0.2) is 17.4 Å². The third-order valence-corrected chi connectivity index (χ3v) is 5.87. The fourth-order valence-electron chi connectivity index (χ4n) is 4.39. The van der Waals surface area contributed by atoms with Crippen molar-refractivity contribution in [3.8, 4) is 0 Å². The van der Waals surface area contributed by atoms with Gasteiger partial charge in [-0.05, 0) is 65.3 Å². The van der Waals surface area contributed by atoms with Crippen LogP contribution >= 0.6 is 11.6 Å². The highest BCUT2D eigenvalue weighted by Gasteiger charge is 2.37. The Bertz CT molecular complexity index is 1060. The molecule has 0 spiro atoms. The molecular weight excluding hydrogens is 360 g/mol. The molecule has 1 N–H and O–H groups in total. The van der Waals surface area contributed by atoms with Crippen LogP contribution < -0.4 is 0 Å². The van der Waals surface area contributed by atoms with Crippen LogP contribution in [0.5, 0.6) is 0 Å². The number of rotatable bonds is 4. The molecule has 1 aliphatic rings. The Morgan fingerprint density at radius 2 is 1.96 bits per heavy atom. The number of benzene rings is 3. The second-order valence-corrected chi connectivity index (χ2v) is 7.67. The van der Waals surface area contributed by atoms with E-state index in [4.69, 9.17) is 11.6 Å². The van der Waals surface area contributed by atoms with Crippen molar-refractivity contribution in [2.75, 3.05) is 0 Å². The number of carboxylic acids is 1. The summed E-state index contributed by atoms with van der Waals surface area (Å²) < 4.78 is 0. The number of hydrogen-bond donors (Lipinski definition) is 1. The van der Waals surface area contributed by atoms with Crippen molar-refractivity contribution in [3.63, 3.8) is 0 Å². The number of carbonyl (C=O) groups is 2. The van der Waals surface area contributed by atoms with E-state index < -0.39 is 11.4 Å². The van der Waals surface area contributed by atoms with Crippen molar-refractivity contribution in [2.24, 2.45) is 0 Å². The van der Waals surface area contributed by atoms with Gasteiger partial charge in [-0.2, -0.15) is 0 Å². The first-order chi connectivity index (χ1) is 13.0. The van der Waals surface area contributed by atoms with Crippen molar-refractivity contribution < 1.29 is 14.7 Å². The molecule has 0 aliphatic heterocycles. The van der Waals surface area contributed by atoms with E-state index in [1.54, 1.807) is 0 Å². The highest BCUT2D eigenvalue weighted by Crippen LogP contribution is 2.40. The molecule has 1 atom stereocenters. The average Bonchev–Trinajstić information content (AvgIpc) is 2.67. The molecule has 0 bridgehead atoms. The molecule has 4 heteroatoms. The first kappa shape index (κ1) is 17.7. The minimum absolute atomic E-state index is 0.287. The smallest absolute Gasteiger partial charge is 0.336 e. The first-order valence-electron chi connectivity index (χ1n) is 9.03. The van der Waals surface area contributed by atoms with Crippen molar-refractivity contribution in [3.05, 3.63) is 81.9 Å². The summed E-state index contributed by atoms with van der Waals surface area (Å²) in [4.78, 5) is 24.4. The number of aldehydes is 1. The van der Waals surface area contributed by atoms with Crippen LogP contribution in [0, 0.1) is 0 Å². The second-order valence-electron chi connectivity index (χ2n) is 7.23. The molecule has 0 saturated heterocycles. The highest BCUT2D eigenvalue weighted by molar-refractivity contribution is 6.30. The molecular formula is C23H19ClO3.